The second-order valence-electron chi connectivity index (χ2n) is 7.90. The summed E-state index contributed by atoms with van der Waals surface area (Å²) >= 11 is 6.47. The van der Waals surface area contributed by atoms with E-state index in [0.29, 0.717) is 41.9 Å². The predicted molar refractivity (Wildman–Crippen MR) is 120 cm³/mol. The number of nitro groups is 1. The molecule has 1 aromatic heterocycles. The number of aromatic nitrogens is 1. The fourth-order valence-corrected chi connectivity index (χ4v) is 4.48. The van der Waals surface area contributed by atoms with Crippen LogP contribution in [0.25, 0.3) is 0 Å². The van der Waals surface area contributed by atoms with Crippen LogP contribution in [-0.4, -0.2) is 21.6 Å². The average molecular weight is 453 g/mol. The SMILES string of the molecule is CC1=C(C(=O)Nc2cc(C)ccn2)[C@H](c2cc([N+](=O)[O-])ccc2Cl)C2=C(CCCC2=O)N1. The first-order valence-corrected chi connectivity index (χ1v) is 10.6. The van der Waals surface area contributed by atoms with Gasteiger partial charge in [-0.05, 0) is 56.0 Å². The van der Waals surface area contributed by atoms with Gasteiger partial charge in [0.25, 0.3) is 11.6 Å². The van der Waals surface area contributed by atoms with E-state index < -0.39 is 16.7 Å². The van der Waals surface area contributed by atoms with Crippen LogP contribution in [0.3, 0.4) is 0 Å². The summed E-state index contributed by atoms with van der Waals surface area (Å²) in [7, 11) is 0. The van der Waals surface area contributed by atoms with Gasteiger partial charge >= 0.3 is 0 Å². The Morgan fingerprint density at radius 2 is 2.03 bits per heavy atom. The Labute approximate surface area is 189 Å². The van der Waals surface area contributed by atoms with Crippen molar-refractivity contribution in [3.05, 3.63) is 85.3 Å². The molecule has 9 heteroatoms. The van der Waals surface area contributed by atoms with E-state index in [1.165, 1.54) is 18.2 Å². The van der Waals surface area contributed by atoms with Gasteiger partial charge in [-0.3, -0.25) is 19.7 Å². The zero-order chi connectivity index (χ0) is 23.0. The highest BCUT2D eigenvalue weighted by molar-refractivity contribution is 6.31. The lowest BCUT2D eigenvalue weighted by Gasteiger charge is -2.34. The normalized spacial score (nSPS) is 18.2. The zero-order valence-corrected chi connectivity index (χ0v) is 18.3. The number of hydrogen-bond acceptors (Lipinski definition) is 6. The number of aryl methyl sites for hydroxylation is 1. The van der Waals surface area contributed by atoms with Crippen molar-refractivity contribution in [3.8, 4) is 0 Å². The molecule has 8 nitrogen and oxygen atoms in total. The summed E-state index contributed by atoms with van der Waals surface area (Å²) in [4.78, 5) is 41.5. The second-order valence-corrected chi connectivity index (χ2v) is 8.31. The minimum atomic E-state index is -0.823. The van der Waals surface area contributed by atoms with Gasteiger partial charge in [0.1, 0.15) is 5.82 Å². The van der Waals surface area contributed by atoms with E-state index >= 15 is 0 Å². The van der Waals surface area contributed by atoms with Gasteiger partial charge in [0.05, 0.1) is 4.92 Å². The number of dihydropyridines is 1. The van der Waals surface area contributed by atoms with Gasteiger partial charge in [0, 0.05) is 58.2 Å². The van der Waals surface area contributed by atoms with Crippen LogP contribution >= 0.6 is 11.6 Å². The molecular weight excluding hydrogens is 432 g/mol. The lowest BCUT2D eigenvalue weighted by atomic mass is 9.75. The van der Waals surface area contributed by atoms with Crippen molar-refractivity contribution in [1.29, 1.82) is 0 Å². The molecule has 0 spiro atoms. The molecule has 0 fully saturated rings. The number of halogens is 1. The molecule has 0 saturated carbocycles. The van der Waals surface area contributed by atoms with Gasteiger partial charge in [0.2, 0.25) is 0 Å². The van der Waals surface area contributed by atoms with E-state index in [9.17, 15) is 19.7 Å². The lowest BCUT2D eigenvalue weighted by molar-refractivity contribution is -0.384. The van der Waals surface area contributed by atoms with E-state index in [-0.39, 0.29) is 22.1 Å². The van der Waals surface area contributed by atoms with E-state index in [1.54, 1.807) is 19.2 Å². The summed E-state index contributed by atoms with van der Waals surface area (Å²) in [5.41, 5.74) is 3.13. The summed E-state index contributed by atoms with van der Waals surface area (Å²) < 4.78 is 0. The molecule has 0 saturated heterocycles. The number of rotatable bonds is 4. The fraction of sp³-hybridized carbons (Fsp3) is 0.261. The number of benzene rings is 1. The summed E-state index contributed by atoms with van der Waals surface area (Å²) in [6, 6.07) is 7.62. The van der Waals surface area contributed by atoms with Crippen LogP contribution in [0.15, 0.2) is 59.1 Å². The Balaban J connectivity index is 1.86. The Bertz CT molecular complexity index is 1220. The van der Waals surface area contributed by atoms with Crippen molar-refractivity contribution in [1.82, 2.24) is 10.3 Å². The van der Waals surface area contributed by atoms with Crippen molar-refractivity contribution in [2.24, 2.45) is 0 Å². The molecule has 2 heterocycles. The van der Waals surface area contributed by atoms with Crippen LogP contribution in [0.5, 0.6) is 0 Å². The number of nitrogens with zero attached hydrogens (tertiary/aromatic N) is 2. The molecule has 32 heavy (non-hydrogen) atoms. The van der Waals surface area contributed by atoms with Crippen LogP contribution in [0.1, 0.15) is 43.2 Å². The van der Waals surface area contributed by atoms with Crippen molar-refractivity contribution in [2.45, 2.75) is 39.0 Å². The van der Waals surface area contributed by atoms with Gasteiger partial charge in [-0.15, -0.1) is 0 Å². The molecule has 4 rings (SSSR count). The van der Waals surface area contributed by atoms with E-state index in [2.05, 4.69) is 15.6 Å². The number of nitro benzene ring substituents is 1. The maximum Gasteiger partial charge on any atom is 0.269 e. The molecule has 0 radical (unpaired) electrons. The van der Waals surface area contributed by atoms with Crippen LogP contribution < -0.4 is 10.6 Å². The quantitative estimate of drug-likeness (QED) is 0.519. The number of Topliss-reactive ketones (excluding diaryl/α,β-unsaturated/α-hetero) is 1. The predicted octanol–water partition coefficient (Wildman–Crippen LogP) is 4.56. The number of carbonyl (C=O) groups excluding carboxylic acids is 2. The van der Waals surface area contributed by atoms with Crippen LogP contribution in [0.2, 0.25) is 5.02 Å². The molecule has 0 unspecified atom stereocenters. The number of hydrogen-bond donors (Lipinski definition) is 2. The van der Waals surface area contributed by atoms with Gasteiger partial charge in [0.15, 0.2) is 5.78 Å². The first-order valence-electron chi connectivity index (χ1n) is 10.2. The molecule has 1 atom stereocenters. The first-order chi connectivity index (χ1) is 15.3. The largest absolute Gasteiger partial charge is 0.362 e. The number of amides is 1. The van der Waals surface area contributed by atoms with Gasteiger partial charge in [-0.1, -0.05) is 11.6 Å². The number of ketones is 1. The third-order valence-corrected chi connectivity index (χ3v) is 6.02. The lowest BCUT2D eigenvalue weighted by Crippen LogP contribution is -2.35. The topological polar surface area (TPSA) is 114 Å². The minimum Gasteiger partial charge on any atom is -0.362 e. The number of nitrogens with one attached hydrogen (secondary N) is 2. The molecule has 1 aliphatic heterocycles. The number of carbonyl (C=O) groups is 2. The smallest absolute Gasteiger partial charge is 0.269 e. The number of anilines is 1. The standard InChI is InChI=1S/C23H21ClN4O4/c1-12-8-9-25-19(10-12)27-23(30)20-13(2)26-17-4-3-5-18(29)22(17)21(20)15-11-14(28(31)32)6-7-16(15)24/h6-11,21,26H,3-5H2,1-2H3,(H,25,27,30)/t21-/m0/s1. The van der Waals surface area contributed by atoms with Gasteiger partial charge in [-0.2, -0.15) is 0 Å². The number of non-ortho nitro benzene ring substituents is 1. The minimum absolute atomic E-state index is 0.0993. The average Bonchev–Trinajstić information content (AvgIpc) is 2.73. The molecule has 1 aliphatic carbocycles. The highest BCUT2D eigenvalue weighted by Gasteiger charge is 2.40. The molecule has 2 aromatic rings. The number of allylic oxidation sites excluding steroid dienone is 3. The summed E-state index contributed by atoms with van der Waals surface area (Å²) in [6.07, 6.45) is 3.28. The molecule has 164 valence electrons. The summed E-state index contributed by atoms with van der Waals surface area (Å²) in [5.74, 6) is -1.01. The van der Waals surface area contributed by atoms with Crippen molar-refractivity contribution >= 4 is 34.8 Å². The maximum atomic E-state index is 13.4. The van der Waals surface area contributed by atoms with Crippen LogP contribution in [-0.2, 0) is 9.59 Å². The van der Waals surface area contributed by atoms with Gasteiger partial charge in [-0.25, -0.2) is 4.98 Å². The van der Waals surface area contributed by atoms with Crippen LogP contribution in [0.4, 0.5) is 11.5 Å². The molecule has 0 bridgehead atoms. The number of pyridine rings is 1. The molecule has 1 amide bonds. The Hall–Kier alpha value is -3.52. The molecule has 2 aliphatic rings. The highest BCUT2D eigenvalue weighted by Crippen LogP contribution is 2.45. The van der Waals surface area contributed by atoms with E-state index in [0.717, 1.165) is 11.3 Å². The fourth-order valence-electron chi connectivity index (χ4n) is 4.25. The first kappa shape index (κ1) is 21.7. The maximum absolute atomic E-state index is 13.4. The van der Waals surface area contributed by atoms with Crippen molar-refractivity contribution in [3.63, 3.8) is 0 Å². The van der Waals surface area contributed by atoms with E-state index in [4.69, 9.17) is 11.6 Å². The Kier molecular flexibility index (Phi) is 5.80. The second kappa shape index (κ2) is 8.55. The monoisotopic (exact) mass is 452 g/mol. The summed E-state index contributed by atoms with van der Waals surface area (Å²) in [5, 5.41) is 17.7. The van der Waals surface area contributed by atoms with Crippen molar-refractivity contribution in [2.75, 3.05) is 5.32 Å². The molecule has 1 aromatic carbocycles. The van der Waals surface area contributed by atoms with Crippen molar-refractivity contribution < 1.29 is 14.5 Å². The highest BCUT2D eigenvalue weighted by atomic mass is 35.5. The Morgan fingerprint density at radius 3 is 2.75 bits per heavy atom. The zero-order valence-electron chi connectivity index (χ0n) is 17.6. The third kappa shape index (κ3) is 4.01. The van der Waals surface area contributed by atoms with Gasteiger partial charge < -0.3 is 10.6 Å². The van der Waals surface area contributed by atoms with Crippen LogP contribution in [0, 0.1) is 17.0 Å². The Morgan fingerprint density at radius 1 is 1.25 bits per heavy atom. The molecular formula is C23H21ClN4O4. The van der Waals surface area contributed by atoms with E-state index in [1.807, 2.05) is 13.0 Å². The molecule has 2 N–H and O–H groups in total. The third-order valence-electron chi connectivity index (χ3n) is 5.68. The summed E-state index contributed by atoms with van der Waals surface area (Å²) in [6.45, 7) is 3.63.